The van der Waals surface area contributed by atoms with Gasteiger partial charge in [-0.05, 0) is 11.1 Å². The van der Waals surface area contributed by atoms with Crippen LogP contribution < -0.4 is 0 Å². The molecule has 2 aromatic rings. The van der Waals surface area contributed by atoms with Crippen LogP contribution in [0.2, 0.25) is 0 Å². The van der Waals surface area contributed by atoms with E-state index in [1.54, 1.807) is 6.92 Å². The summed E-state index contributed by atoms with van der Waals surface area (Å²) < 4.78 is 24.0. The first kappa shape index (κ1) is 19.1. The van der Waals surface area contributed by atoms with Crippen LogP contribution in [0.15, 0.2) is 65.7 Å². The Kier molecular flexibility index (Phi) is 6.02. The van der Waals surface area contributed by atoms with Crippen molar-refractivity contribution in [3.8, 4) is 0 Å². The highest BCUT2D eigenvalue weighted by Crippen LogP contribution is 2.33. The summed E-state index contributed by atoms with van der Waals surface area (Å²) in [6, 6.07) is 19.5. The molecule has 1 N–H and O–H groups in total. The summed E-state index contributed by atoms with van der Waals surface area (Å²) in [7, 11) is 0. The fourth-order valence-corrected chi connectivity index (χ4v) is 3.61. The molecule has 2 aliphatic heterocycles. The quantitative estimate of drug-likeness (QED) is 0.796. The zero-order chi connectivity index (χ0) is 19.3. The molecule has 0 saturated carbocycles. The molecule has 1 saturated heterocycles. The average Bonchev–Trinajstić information content (AvgIpc) is 3.11. The Bertz CT molecular complexity index is 782. The van der Waals surface area contributed by atoms with Crippen molar-refractivity contribution in [2.24, 2.45) is 4.99 Å². The number of rotatable bonds is 7. The predicted octanol–water partition coefficient (Wildman–Crippen LogP) is 2.69. The number of aliphatic hydroxyl groups excluding tert-OH is 1. The van der Waals surface area contributed by atoms with Gasteiger partial charge in [0.2, 0.25) is 6.29 Å². The molecule has 1 fully saturated rings. The SMILES string of the molecule is CC1=N[C@H]2[C@@H](O1)O[C@H](CO)[C@@H](OCc1ccccc1)[C@@H]2OCc1ccccc1. The van der Waals surface area contributed by atoms with Crippen LogP contribution in [0.5, 0.6) is 0 Å². The van der Waals surface area contributed by atoms with Crippen molar-refractivity contribution in [3.05, 3.63) is 71.8 Å². The Labute approximate surface area is 164 Å². The summed E-state index contributed by atoms with van der Waals surface area (Å²) in [5.74, 6) is 0.559. The van der Waals surface area contributed by atoms with E-state index in [1.807, 2.05) is 60.7 Å². The van der Waals surface area contributed by atoms with Gasteiger partial charge in [0, 0.05) is 6.92 Å². The van der Waals surface area contributed by atoms with Gasteiger partial charge in [-0.2, -0.15) is 0 Å². The third-order valence-corrected chi connectivity index (χ3v) is 4.98. The van der Waals surface area contributed by atoms with E-state index in [0.29, 0.717) is 19.1 Å². The molecule has 6 heteroatoms. The fourth-order valence-electron chi connectivity index (χ4n) is 3.61. The Morgan fingerprint density at radius 1 is 0.893 bits per heavy atom. The van der Waals surface area contributed by atoms with Crippen molar-refractivity contribution in [2.75, 3.05) is 6.61 Å². The minimum absolute atomic E-state index is 0.184. The van der Waals surface area contributed by atoms with E-state index in [2.05, 4.69) is 4.99 Å². The maximum absolute atomic E-state index is 9.89. The molecule has 2 aliphatic rings. The molecule has 0 aliphatic carbocycles. The molecule has 4 rings (SSSR count). The first-order valence-corrected chi connectivity index (χ1v) is 9.53. The lowest BCUT2D eigenvalue weighted by atomic mass is 9.97. The molecule has 0 amide bonds. The second-order valence-corrected chi connectivity index (χ2v) is 7.00. The minimum atomic E-state index is -0.561. The van der Waals surface area contributed by atoms with Gasteiger partial charge in [-0.15, -0.1) is 0 Å². The smallest absolute Gasteiger partial charge is 0.227 e. The Hall–Kier alpha value is -2.25. The van der Waals surface area contributed by atoms with Crippen molar-refractivity contribution in [1.82, 2.24) is 0 Å². The van der Waals surface area contributed by atoms with Gasteiger partial charge in [0.25, 0.3) is 0 Å². The number of fused-ring (bicyclic) bond motifs is 1. The second kappa shape index (κ2) is 8.84. The summed E-state index contributed by atoms with van der Waals surface area (Å²) in [4.78, 5) is 4.56. The van der Waals surface area contributed by atoms with Crippen LogP contribution in [-0.2, 0) is 32.2 Å². The number of nitrogens with zero attached hydrogens (tertiary/aromatic N) is 1. The van der Waals surface area contributed by atoms with Gasteiger partial charge in [0.1, 0.15) is 24.4 Å². The van der Waals surface area contributed by atoms with Crippen LogP contribution >= 0.6 is 0 Å². The molecule has 28 heavy (non-hydrogen) atoms. The van der Waals surface area contributed by atoms with Gasteiger partial charge < -0.3 is 24.1 Å². The molecular weight excluding hydrogens is 358 g/mol. The van der Waals surface area contributed by atoms with E-state index < -0.39 is 24.6 Å². The van der Waals surface area contributed by atoms with E-state index in [4.69, 9.17) is 18.9 Å². The van der Waals surface area contributed by atoms with Crippen LogP contribution in [0.3, 0.4) is 0 Å². The zero-order valence-corrected chi connectivity index (χ0v) is 15.8. The normalized spacial score (nSPS) is 29.1. The largest absolute Gasteiger partial charge is 0.450 e. The van der Waals surface area contributed by atoms with Crippen molar-refractivity contribution >= 4 is 5.90 Å². The molecule has 5 atom stereocenters. The van der Waals surface area contributed by atoms with Gasteiger partial charge in [0.05, 0.1) is 19.8 Å². The number of benzene rings is 2. The Morgan fingerprint density at radius 3 is 2.04 bits per heavy atom. The molecule has 0 bridgehead atoms. The lowest BCUT2D eigenvalue weighted by Gasteiger charge is -2.41. The van der Waals surface area contributed by atoms with E-state index in [0.717, 1.165) is 11.1 Å². The molecule has 6 nitrogen and oxygen atoms in total. The summed E-state index contributed by atoms with van der Waals surface area (Å²) in [5, 5.41) is 9.89. The third-order valence-electron chi connectivity index (χ3n) is 4.98. The molecule has 148 valence electrons. The van der Waals surface area contributed by atoms with E-state index >= 15 is 0 Å². The van der Waals surface area contributed by atoms with E-state index in [1.165, 1.54) is 0 Å². The summed E-state index contributed by atoms with van der Waals surface area (Å²) in [6.07, 6.45) is -1.97. The monoisotopic (exact) mass is 383 g/mol. The summed E-state index contributed by atoms with van der Waals surface area (Å²) >= 11 is 0. The maximum Gasteiger partial charge on any atom is 0.227 e. The Balaban J connectivity index is 1.53. The molecule has 0 spiro atoms. The summed E-state index contributed by atoms with van der Waals surface area (Å²) in [5.41, 5.74) is 2.11. The minimum Gasteiger partial charge on any atom is -0.450 e. The van der Waals surface area contributed by atoms with Crippen LogP contribution in [-0.4, -0.2) is 48.3 Å². The average molecular weight is 383 g/mol. The molecule has 2 aromatic carbocycles. The topological polar surface area (TPSA) is 69.5 Å². The van der Waals surface area contributed by atoms with E-state index in [9.17, 15) is 5.11 Å². The number of hydrogen-bond donors (Lipinski definition) is 1. The second-order valence-electron chi connectivity index (χ2n) is 7.00. The molecule has 0 aromatic heterocycles. The number of ether oxygens (including phenoxy) is 4. The van der Waals surface area contributed by atoms with Crippen LogP contribution in [0.4, 0.5) is 0 Å². The molecule has 2 heterocycles. The molecule has 0 radical (unpaired) electrons. The summed E-state index contributed by atoms with van der Waals surface area (Å²) in [6.45, 7) is 2.43. The molecular formula is C22H25NO5. The van der Waals surface area contributed by atoms with Gasteiger partial charge in [-0.25, -0.2) is 4.99 Å². The van der Waals surface area contributed by atoms with Crippen LogP contribution in [0.1, 0.15) is 18.1 Å². The molecule has 0 unspecified atom stereocenters. The third kappa shape index (κ3) is 4.25. The van der Waals surface area contributed by atoms with Crippen LogP contribution in [0.25, 0.3) is 0 Å². The lowest BCUT2D eigenvalue weighted by Crippen LogP contribution is -2.58. The van der Waals surface area contributed by atoms with E-state index in [-0.39, 0.29) is 12.6 Å². The highest BCUT2D eigenvalue weighted by Gasteiger charge is 2.50. The van der Waals surface area contributed by atoms with Crippen molar-refractivity contribution in [1.29, 1.82) is 0 Å². The standard InChI is InChI=1S/C22H25NO5/c1-15-23-19-21(26-14-17-10-6-3-7-11-17)20(18(12-24)28-22(19)27-15)25-13-16-8-4-2-5-9-16/h2-11,18-22,24H,12-14H2,1H3/t18-,19-,20-,21-,22+/m1/s1. The van der Waals surface area contributed by atoms with Gasteiger partial charge in [-0.3, -0.25) is 0 Å². The first-order chi connectivity index (χ1) is 13.7. The first-order valence-electron chi connectivity index (χ1n) is 9.53. The van der Waals surface area contributed by atoms with Crippen molar-refractivity contribution in [3.63, 3.8) is 0 Å². The number of aliphatic hydroxyl groups is 1. The Morgan fingerprint density at radius 2 is 1.46 bits per heavy atom. The van der Waals surface area contributed by atoms with Crippen molar-refractivity contribution < 1.29 is 24.1 Å². The van der Waals surface area contributed by atoms with Crippen molar-refractivity contribution in [2.45, 2.75) is 50.8 Å². The van der Waals surface area contributed by atoms with Crippen LogP contribution in [0, 0.1) is 0 Å². The zero-order valence-electron chi connectivity index (χ0n) is 15.8. The highest BCUT2D eigenvalue weighted by molar-refractivity contribution is 5.75. The highest BCUT2D eigenvalue weighted by atomic mass is 16.7. The van der Waals surface area contributed by atoms with Gasteiger partial charge in [0.15, 0.2) is 5.90 Å². The lowest BCUT2D eigenvalue weighted by molar-refractivity contribution is -0.258. The maximum atomic E-state index is 9.89. The van der Waals surface area contributed by atoms with Gasteiger partial charge >= 0.3 is 0 Å². The number of aliphatic imine (C=N–C) groups is 1. The number of hydrogen-bond acceptors (Lipinski definition) is 6. The fraction of sp³-hybridized carbons (Fsp3) is 0.409. The predicted molar refractivity (Wildman–Crippen MR) is 104 cm³/mol. The van der Waals surface area contributed by atoms with Gasteiger partial charge in [-0.1, -0.05) is 60.7 Å².